The van der Waals surface area contributed by atoms with Crippen molar-refractivity contribution in [2.24, 2.45) is 0 Å². The van der Waals surface area contributed by atoms with Crippen molar-refractivity contribution >= 4 is 5.69 Å². The van der Waals surface area contributed by atoms with Gasteiger partial charge in [-0.05, 0) is 34.7 Å². The van der Waals surface area contributed by atoms with Crippen molar-refractivity contribution in [2.45, 2.75) is 18.5 Å². The van der Waals surface area contributed by atoms with Crippen LogP contribution in [0.2, 0.25) is 0 Å². The van der Waals surface area contributed by atoms with Crippen LogP contribution in [0.15, 0.2) is 78.9 Å². The second-order valence-corrected chi connectivity index (χ2v) is 6.21. The van der Waals surface area contributed by atoms with Crippen LogP contribution in [0.5, 0.6) is 0 Å². The van der Waals surface area contributed by atoms with Gasteiger partial charge in [-0.25, -0.2) is 0 Å². The predicted octanol–water partition coefficient (Wildman–Crippen LogP) is 4.89. The molecule has 1 nitrogen and oxygen atoms in total. The van der Waals surface area contributed by atoms with Crippen LogP contribution in [0.4, 0.5) is 5.69 Å². The van der Waals surface area contributed by atoms with Gasteiger partial charge in [-0.3, -0.25) is 0 Å². The summed E-state index contributed by atoms with van der Waals surface area (Å²) in [6, 6.07) is 29.7. The molecule has 1 fully saturated rings. The molecule has 0 amide bonds. The Labute approximate surface area is 130 Å². The smallest absolute Gasteiger partial charge is 0.0798 e. The molecule has 1 saturated heterocycles. The lowest BCUT2D eigenvalue weighted by Gasteiger charge is -2.11. The molecule has 0 spiro atoms. The van der Waals surface area contributed by atoms with E-state index in [-0.39, 0.29) is 0 Å². The van der Waals surface area contributed by atoms with Gasteiger partial charge < -0.3 is 4.90 Å². The van der Waals surface area contributed by atoms with Gasteiger partial charge in [0.05, 0.1) is 12.1 Å². The second kappa shape index (κ2) is 4.48. The summed E-state index contributed by atoms with van der Waals surface area (Å²) >= 11 is 0. The Hall–Kier alpha value is -2.54. The van der Waals surface area contributed by atoms with E-state index in [1.54, 1.807) is 0 Å². The zero-order chi connectivity index (χ0) is 14.5. The van der Waals surface area contributed by atoms with E-state index in [2.05, 4.69) is 83.8 Å². The van der Waals surface area contributed by atoms with Crippen LogP contribution in [-0.2, 0) is 6.42 Å². The van der Waals surface area contributed by atoms with Gasteiger partial charge in [-0.15, -0.1) is 0 Å². The SMILES string of the molecule is c1ccc([C@@H]2[C@H]3c4ccccc4Cc4ccccc4N23)cc1. The first-order valence-electron chi connectivity index (χ1n) is 7.92. The highest BCUT2D eigenvalue weighted by molar-refractivity contribution is 5.69. The van der Waals surface area contributed by atoms with Crippen molar-refractivity contribution in [1.29, 1.82) is 0 Å². The van der Waals surface area contributed by atoms with E-state index in [0.717, 1.165) is 6.42 Å². The quantitative estimate of drug-likeness (QED) is 0.574. The van der Waals surface area contributed by atoms with E-state index in [1.165, 1.54) is 27.9 Å². The van der Waals surface area contributed by atoms with E-state index < -0.39 is 0 Å². The van der Waals surface area contributed by atoms with Crippen molar-refractivity contribution in [2.75, 3.05) is 4.90 Å². The normalized spacial score (nSPS) is 21.4. The number of benzene rings is 3. The molecular weight excluding hydrogens is 266 g/mol. The van der Waals surface area contributed by atoms with Crippen molar-refractivity contribution in [3.8, 4) is 0 Å². The third-order valence-corrected chi connectivity index (χ3v) is 4.97. The van der Waals surface area contributed by atoms with Crippen molar-refractivity contribution in [3.63, 3.8) is 0 Å². The Kier molecular flexibility index (Phi) is 2.45. The molecule has 106 valence electrons. The lowest BCUT2D eigenvalue weighted by Crippen LogP contribution is -1.98. The molecule has 2 aliphatic rings. The van der Waals surface area contributed by atoms with Crippen LogP contribution in [-0.4, -0.2) is 0 Å². The molecule has 0 aromatic heterocycles. The second-order valence-electron chi connectivity index (χ2n) is 6.21. The number of anilines is 1. The van der Waals surface area contributed by atoms with Crippen LogP contribution in [0.25, 0.3) is 0 Å². The number of hydrogen-bond acceptors (Lipinski definition) is 1. The fourth-order valence-electron chi connectivity index (χ4n) is 3.95. The maximum absolute atomic E-state index is 2.58. The maximum Gasteiger partial charge on any atom is 0.0798 e. The molecule has 0 radical (unpaired) electrons. The summed E-state index contributed by atoms with van der Waals surface area (Å²) in [7, 11) is 0. The Morgan fingerprint density at radius 2 is 1.32 bits per heavy atom. The molecular formula is C21H17N. The average molecular weight is 283 g/mol. The lowest BCUT2D eigenvalue weighted by molar-refractivity contribution is 0.995. The summed E-state index contributed by atoms with van der Waals surface area (Å²) in [6.07, 6.45) is 1.04. The van der Waals surface area contributed by atoms with Gasteiger partial charge in [0.15, 0.2) is 0 Å². The molecule has 0 unspecified atom stereocenters. The van der Waals surface area contributed by atoms with E-state index in [1.807, 2.05) is 0 Å². The van der Waals surface area contributed by atoms with E-state index in [4.69, 9.17) is 0 Å². The molecule has 0 saturated carbocycles. The van der Waals surface area contributed by atoms with Crippen LogP contribution in [0, 0.1) is 0 Å². The fraction of sp³-hybridized carbons (Fsp3) is 0.143. The van der Waals surface area contributed by atoms with Gasteiger partial charge in [0.25, 0.3) is 0 Å². The molecule has 1 heteroatoms. The molecule has 3 aromatic rings. The highest BCUT2D eigenvalue weighted by atomic mass is 15.4. The highest BCUT2D eigenvalue weighted by Gasteiger charge is 2.51. The van der Waals surface area contributed by atoms with E-state index >= 15 is 0 Å². The zero-order valence-corrected chi connectivity index (χ0v) is 12.3. The number of fused-ring (bicyclic) bond motifs is 5. The number of rotatable bonds is 1. The van der Waals surface area contributed by atoms with Gasteiger partial charge in [-0.2, -0.15) is 0 Å². The van der Waals surface area contributed by atoms with E-state index in [9.17, 15) is 0 Å². The van der Waals surface area contributed by atoms with Crippen LogP contribution in [0.1, 0.15) is 34.3 Å². The first-order valence-corrected chi connectivity index (χ1v) is 7.92. The summed E-state index contributed by atoms with van der Waals surface area (Å²) in [4.78, 5) is 2.58. The molecule has 0 aliphatic carbocycles. The zero-order valence-electron chi connectivity index (χ0n) is 12.3. The minimum atomic E-state index is 0.476. The Morgan fingerprint density at radius 1 is 0.636 bits per heavy atom. The fourth-order valence-corrected chi connectivity index (χ4v) is 3.95. The standard InChI is InChI=1S/C21H17N/c1-2-8-15(9-3-1)20-21-18-12-6-4-10-16(18)14-17-11-5-7-13-19(17)22(20)21/h1-13,20-21H,14H2/t20-,21-,22?/m1/s1. The third-order valence-electron chi connectivity index (χ3n) is 4.97. The molecule has 2 atom stereocenters. The van der Waals surface area contributed by atoms with Crippen LogP contribution >= 0.6 is 0 Å². The van der Waals surface area contributed by atoms with Crippen molar-refractivity contribution in [3.05, 3.63) is 101 Å². The number of hydrogen-bond donors (Lipinski definition) is 0. The van der Waals surface area contributed by atoms with Gasteiger partial charge in [0, 0.05) is 5.69 Å². The van der Waals surface area contributed by atoms with Gasteiger partial charge in [0.2, 0.25) is 0 Å². The lowest BCUT2D eigenvalue weighted by atomic mass is 9.95. The molecule has 2 heterocycles. The van der Waals surface area contributed by atoms with E-state index in [0.29, 0.717) is 12.1 Å². The summed E-state index contributed by atoms with van der Waals surface area (Å²) in [5.41, 5.74) is 7.22. The van der Waals surface area contributed by atoms with Crippen molar-refractivity contribution < 1.29 is 0 Å². The maximum atomic E-state index is 2.58. The van der Waals surface area contributed by atoms with Crippen LogP contribution < -0.4 is 4.90 Å². The molecule has 5 rings (SSSR count). The van der Waals surface area contributed by atoms with Gasteiger partial charge >= 0.3 is 0 Å². The summed E-state index contributed by atoms with van der Waals surface area (Å²) < 4.78 is 0. The molecule has 22 heavy (non-hydrogen) atoms. The Morgan fingerprint density at radius 3 is 2.18 bits per heavy atom. The monoisotopic (exact) mass is 283 g/mol. The summed E-state index contributed by atoms with van der Waals surface area (Å²) in [5, 5.41) is 0. The number of nitrogens with zero attached hydrogens (tertiary/aromatic N) is 1. The number of para-hydroxylation sites is 1. The van der Waals surface area contributed by atoms with Gasteiger partial charge in [0.1, 0.15) is 0 Å². The average Bonchev–Trinajstić information content (AvgIpc) is 3.32. The molecule has 2 aliphatic heterocycles. The molecule has 0 N–H and O–H groups in total. The third kappa shape index (κ3) is 1.66. The van der Waals surface area contributed by atoms with Crippen molar-refractivity contribution in [1.82, 2.24) is 0 Å². The minimum Gasteiger partial charge on any atom is -0.352 e. The first-order chi connectivity index (χ1) is 10.9. The summed E-state index contributed by atoms with van der Waals surface area (Å²) in [5.74, 6) is 0. The largest absolute Gasteiger partial charge is 0.352 e. The molecule has 0 bridgehead atoms. The Bertz CT molecular complexity index is 786. The highest BCUT2D eigenvalue weighted by Crippen LogP contribution is 2.60. The van der Waals surface area contributed by atoms with Gasteiger partial charge in [-0.1, -0.05) is 72.8 Å². The first kappa shape index (κ1) is 12.0. The van der Waals surface area contributed by atoms with Crippen LogP contribution in [0.3, 0.4) is 0 Å². The minimum absolute atomic E-state index is 0.476. The topological polar surface area (TPSA) is 3.01 Å². The predicted molar refractivity (Wildman–Crippen MR) is 90.1 cm³/mol. The Balaban J connectivity index is 1.70. The summed E-state index contributed by atoms with van der Waals surface area (Å²) in [6.45, 7) is 0. The molecule has 3 aromatic carbocycles.